The molecule has 1 aliphatic heterocycles. The molecule has 7 heteroatoms. The van der Waals surface area contributed by atoms with Crippen molar-refractivity contribution in [3.63, 3.8) is 0 Å². The van der Waals surface area contributed by atoms with Crippen LogP contribution in [0.2, 0.25) is 0 Å². The van der Waals surface area contributed by atoms with Crippen LogP contribution in [0.5, 0.6) is 0 Å². The van der Waals surface area contributed by atoms with E-state index >= 15 is 0 Å². The fraction of sp³-hybridized carbons (Fsp3) is 0.812. The van der Waals surface area contributed by atoms with E-state index in [2.05, 4.69) is 5.32 Å². The first-order valence-corrected chi connectivity index (χ1v) is 8.09. The molecule has 0 unspecified atom stereocenters. The normalized spacial score (nSPS) is 19.2. The van der Waals surface area contributed by atoms with Gasteiger partial charge < -0.3 is 19.7 Å². The van der Waals surface area contributed by atoms with E-state index in [0.29, 0.717) is 13.2 Å². The van der Waals surface area contributed by atoms with Gasteiger partial charge in [0.25, 0.3) is 0 Å². The van der Waals surface area contributed by atoms with Gasteiger partial charge in [-0.3, -0.25) is 9.59 Å². The number of nitrogens with zero attached hydrogens (tertiary/aromatic N) is 1. The Hall–Kier alpha value is -1.79. The van der Waals surface area contributed by atoms with Crippen LogP contribution >= 0.6 is 0 Å². The number of alkyl carbamates (subject to hydrolysis) is 1. The van der Waals surface area contributed by atoms with Crippen LogP contribution in [0.1, 0.15) is 53.9 Å². The Bertz CT molecular complexity index is 444. The Morgan fingerprint density at radius 1 is 1.30 bits per heavy atom. The van der Waals surface area contributed by atoms with E-state index < -0.39 is 17.7 Å². The fourth-order valence-corrected chi connectivity index (χ4v) is 2.55. The van der Waals surface area contributed by atoms with E-state index in [1.54, 1.807) is 39.5 Å². The van der Waals surface area contributed by atoms with Gasteiger partial charge in [0, 0.05) is 12.6 Å². The quantitative estimate of drug-likeness (QED) is 0.779. The third kappa shape index (κ3) is 6.46. The third-order valence-corrected chi connectivity index (χ3v) is 3.47. The lowest BCUT2D eigenvalue weighted by Crippen LogP contribution is -2.49. The lowest BCUT2D eigenvalue weighted by Gasteiger charge is -2.28. The number of hydrogen-bond donors (Lipinski definition) is 1. The van der Waals surface area contributed by atoms with Crippen molar-refractivity contribution < 1.29 is 23.9 Å². The standard InChI is InChI=1S/C16H28N2O5/c1-6-22-13(19)10-12-8-7-9-18(12)14(20)11(2)17-15(21)23-16(3,4)5/h11-12H,6-10H2,1-5H3,(H,17,21)/t11-,12-/m0/s1. The van der Waals surface area contributed by atoms with Crippen molar-refractivity contribution in [2.24, 2.45) is 0 Å². The third-order valence-electron chi connectivity index (χ3n) is 3.47. The van der Waals surface area contributed by atoms with Crippen molar-refractivity contribution in [1.29, 1.82) is 0 Å². The Balaban J connectivity index is 2.57. The minimum Gasteiger partial charge on any atom is -0.466 e. The summed E-state index contributed by atoms with van der Waals surface area (Å²) in [6.45, 7) is 9.56. The number of likely N-dealkylation sites (tertiary alicyclic amines) is 1. The largest absolute Gasteiger partial charge is 0.466 e. The van der Waals surface area contributed by atoms with Crippen LogP contribution in [0.3, 0.4) is 0 Å². The summed E-state index contributed by atoms with van der Waals surface area (Å²) in [6, 6.07) is -0.864. The average Bonchev–Trinajstić information content (AvgIpc) is 2.83. The number of hydrogen-bond acceptors (Lipinski definition) is 5. The molecule has 1 N–H and O–H groups in total. The number of nitrogens with one attached hydrogen (secondary N) is 1. The lowest BCUT2D eigenvalue weighted by molar-refractivity contribution is -0.145. The van der Waals surface area contributed by atoms with Crippen molar-refractivity contribution in [1.82, 2.24) is 10.2 Å². The molecule has 1 fully saturated rings. The van der Waals surface area contributed by atoms with Gasteiger partial charge in [0.15, 0.2) is 0 Å². The van der Waals surface area contributed by atoms with E-state index in [-0.39, 0.29) is 24.3 Å². The van der Waals surface area contributed by atoms with Crippen LogP contribution in [0.4, 0.5) is 4.79 Å². The Morgan fingerprint density at radius 2 is 1.96 bits per heavy atom. The van der Waals surface area contributed by atoms with Gasteiger partial charge >= 0.3 is 12.1 Å². The molecule has 0 bridgehead atoms. The first-order chi connectivity index (χ1) is 10.6. The number of amides is 2. The molecule has 1 aliphatic rings. The highest BCUT2D eigenvalue weighted by Gasteiger charge is 2.34. The van der Waals surface area contributed by atoms with Crippen molar-refractivity contribution >= 4 is 18.0 Å². The molecule has 7 nitrogen and oxygen atoms in total. The van der Waals surface area contributed by atoms with Crippen molar-refractivity contribution in [2.75, 3.05) is 13.2 Å². The maximum Gasteiger partial charge on any atom is 0.408 e. The van der Waals surface area contributed by atoms with Gasteiger partial charge in [0.1, 0.15) is 11.6 Å². The van der Waals surface area contributed by atoms with E-state index in [0.717, 1.165) is 12.8 Å². The molecule has 2 amide bonds. The molecule has 1 rings (SSSR count). The van der Waals surface area contributed by atoms with Crippen LogP contribution < -0.4 is 5.32 Å². The second-order valence-corrected chi connectivity index (χ2v) is 6.70. The van der Waals surface area contributed by atoms with Gasteiger partial charge in [-0.05, 0) is 47.5 Å². The second kappa shape index (κ2) is 8.17. The number of carbonyl (C=O) groups excluding carboxylic acids is 3. The van der Waals surface area contributed by atoms with Gasteiger partial charge in [-0.25, -0.2) is 4.79 Å². The van der Waals surface area contributed by atoms with Gasteiger partial charge in [0.05, 0.1) is 13.0 Å². The zero-order chi connectivity index (χ0) is 17.6. The molecule has 1 heterocycles. The number of carbonyl (C=O) groups is 3. The number of rotatable bonds is 5. The molecule has 23 heavy (non-hydrogen) atoms. The zero-order valence-electron chi connectivity index (χ0n) is 14.7. The highest BCUT2D eigenvalue weighted by atomic mass is 16.6. The molecule has 0 aromatic carbocycles. The summed E-state index contributed by atoms with van der Waals surface area (Å²) in [5.74, 6) is -0.507. The van der Waals surface area contributed by atoms with Gasteiger partial charge in [-0.1, -0.05) is 0 Å². The van der Waals surface area contributed by atoms with Crippen LogP contribution in [0, 0.1) is 0 Å². The minimum absolute atomic E-state index is 0.163. The molecule has 0 aromatic rings. The Morgan fingerprint density at radius 3 is 2.52 bits per heavy atom. The number of esters is 1. The SMILES string of the molecule is CCOC(=O)C[C@@H]1CCCN1C(=O)[C@H](C)NC(=O)OC(C)(C)C. The Kier molecular flexibility index (Phi) is 6.84. The highest BCUT2D eigenvalue weighted by Crippen LogP contribution is 2.21. The highest BCUT2D eigenvalue weighted by molar-refractivity contribution is 5.86. The van der Waals surface area contributed by atoms with E-state index in [4.69, 9.17) is 9.47 Å². The second-order valence-electron chi connectivity index (χ2n) is 6.70. The summed E-state index contributed by atoms with van der Waals surface area (Å²) in [5, 5.41) is 2.54. The predicted octanol–water partition coefficient (Wildman–Crippen LogP) is 1.84. The summed E-state index contributed by atoms with van der Waals surface area (Å²) >= 11 is 0. The van der Waals surface area contributed by atoms with Crippen molar-refractivity contribution in [3.8, 4) is 0 Å². The molecule has 1 saturated heterocycles. The molecule has 132 valence electrons. The topological polar surface area (TPSA) is 84.9 Å². The Labute approximate surface area is 137 Å². The molecule has 0 radical (unpaired) electrons. The maximum absolute atomic E-state index is 12.5. The van der Waals surface area contributed by atoms with E-state index in [1.165, 1.54) is 0 Å². The summed E-state index contributed by atoms with van der Waals surface area (Å²) in [5.41, 5.74) is -0.618. The maximum atomic E-state index is 12.5. The van der Waals surface area contributed by atoms with Gasteiger partial charge in [0.2, 0.25) is 5.91 Å². The molecule has 0 aliphatic carbocycles. The van der Waals surface area contributed by atoms with Crippen LogP contribution in [-0.2, 0) is 19.1 Å². The fourth-order valence-electron chi connectivity index (χ4n) is 2.55. The predicted molar refractivity (Wildman–Crippen MR) is 84.8 cm³/mol. The smallest absolute Gasteiger partial charge is 0.408 e. The number of ether oxygens (including phenoxy) is 2. The summed E-state index contributed by atoms with van der Waals surface area (Å²) in [4.78, 5) is 37.5. The average molecular weight is 328 g/mol. The minimum atomic E-state index is -0.701. The van der Waals surface area contributed by atoms with E-state index in [9.17, 15) is 14.4 Å². The van der Waals surface area contributed by atoms with Gasteiger partial charge in [-0.2, -0.15) is 0 Å². The molecule has 0 spiro atoms. The molecule has 0 aromatic heterocycles. The van der Waals surface area contributed by atoms with E-state index in [1.807, 2.05) is 0 Å². The summed E-state index contributed by atoms with van der Waals surface area (Å²) < 4.78 is 10.1. The van der Waals surface area contributed by atoms with Crippen LogP contribution in [0.15, 0.2) is 0 Å². The first-order valence-electron chi connectivity index (χ1n) is 8.09. The van der Waals surface area contributed by atoms with Crippen LogP contribution in [0.25, 0.3) is 0 Å². The monoisotopic (exact) mass is 328 g/mol. The first kappa shape index (κ1) is 19.3. The van der Waals surface area contributed by atoms with Crippen molar-refractivity contribution in [3.05, 3.63) is 0 Å². The molecular formula is C16H28N2O5. The summed E-state index contributed by atoms with van der Waals surface area (Å²) in [6.07, 6.45) is 1.18. The van der Waals surface area contributed by atoms with Gasteiger partial charge in [-0.15, -0.1) is 0 Å². The zero-order valence-corrected chi connectivity index (χ0v) is 14.7. The van der Waals surface area contributed by atoms with Crippen LogP contribution in [-0.4, -0.2) is 53.7 Å². The lowest BCUT2D eigenvalue weighted by atomic mass is 10.1. The molecule has 2 atom stereocenters. The summed E-state index contributed by atoms with van der Waals surface area (Å²) in [7, 11) is 0. The molecular weight excluding hydrogens is 300 g/mol. The molecule has 0 saturated carbocycles. The van der Waals surface area contributed by atoms with Crippen molar-refractivity contribution in [2.45, 2.75) is 71.6 Å².